The Hall–Kier alpha value is -2.04. The minimum atomic E-state index is -0.451. The highest BCUT2D eigenvalue weighted by Crippen LogP contribution is 2.32. The summed E-state index contributed by atoms with van der Waals surface area (Å²) < 4.78 is 10.7. The number of amides is 1. The smallest absolute Gasteiger partial charge is 0.340 e. The number of methoxy groups -OCH3 is 1. The van der Waals surface area contributed by atoms with Crippen LogP contribution in [0.4, 0.5) is 5.69 Å². The van der Waals surface area contributed by atoms with Crippen molar-refractivity contribution in [2.75, 3.05) is 18.6 Å². The van der Waals surface area contributed by atoms with Gasteiger partial charge < -0.3 is 14.4 Å². The van der Waals surface area contributed by atoms with Crippen molar-refractivity contribution < 1.29 is 19.1 Å². The fourth-order valence-corrected chi connectivity index (χ4v) is 3.62. The van der Waals surface area contributed by atoms with E-state index < -0.39 is 5.97 Å². The fraction of sp³-hybridized carbons (Fsp3) is 0.636. The van der Waals surface area contributed by atoms with E-state index in [9.17, 15) is 9.59 Å². The Morgan fingerprint density at radius 3 is 2.48 bits per heavy atom. The zero-order valence-corrected chi connectivity index (χ0v) is 17.1. The first kappa shape index (κ1) is 21.3. The van der Waals surface area contributed by atoms with Gasteiger partial charge in [-0.15, -0.1) is 0 Å². The number of anilines is 1. The van der Waals surface area contributed by atoms with Crippen LogP contribution in [0, 0.1) is 5.92 Å². The molecule has 1 saturated carbocycles. The molecule has 1 aromatic carbocycles. The molecular weight excluding hydrogens is 342 g/mol. The van der Waals surface area contributed by atoms with Crippen molar-refractivity contribution in [1.82, 2.24) is 0 Å². The molecule has 5 heteroatoms. The lowest BCUT2D eigenvalue weighted by atomic mass is 9.87. The number of hydrogen-bond donors (Lipinski definition) is 0. The molecule has 0 heterocycles. The topological polar surface area (TPSA) is 55.8 Å². The van der Waals surface area contributed by atoms with Gasteiger partial charge in [-0.2, -0.15) is 0 Å². The predicted octanol–water partition coefficient (Wildman–Crippen LogP) is 4.97. The Kier molecular flexibility index (Phi) is 8.14. The van der Waals surface area contributed by atoms with Crippen molar-refractivity contribution >= 4 is 17.6 Å². The first-order valence-electron chi connectivity index (χ1n) is 10.2. The van der Waals surface area contributed by atoms with Crippen LogP contribution < -0.4 is 9.64 Å². The van der Waals surface area contributed by atoms with Crippen molar-refractivity contribution in [2.45, 2.75) is 71.8 Å². The SMILES string of the molecule is CCCCOc1ccc(N(C(=O)C2CCCCC2)C(C)C)c(C(=O)OC)c1. The maximum absolute atomic E-state index is 13.2. The second-order valence-electron chi connectivity index (χ2n) is 7.51. The van der Waals surface area contributed by atoms with Gasteiger partial charge in [0.25, 0.3) is 0 Å². The van der Waals surface area contributed by atoms with Crippen LogP contribution in [0.2, 0.25) is 0 Å². The monoisotopic (exact) mass is 375 g/mol. The molecule has 0 radical (unpaired) electrons. The molecule has 0 aromatic heterocycles. The molecule has 1 aromatic rings. The summed E-state index contributed by atoms with van der Waals surface area (Å²) in [6.07, 6.45) is 7.23. The second kappa shape index (κ2) is 10.3. The summed E-state index contributed by atoms with van der Waals surface area (Å²) in [5.41, 5.74) is 0.986. The van der Waals surface area contributed by atoms with E-state index in [1.807, 2.05) is 26.0 Å². The Bertz CT molecular complexity index is 635. The van der Waals surface area contributed by atoms with E-state index in [1.54, 1.807) is 11.0 Å². The number of nitrogens with zero attached hydrogens (tertiary/aromatic N) is 1. The number of esters is 1. The molecule has 5 nitrogen and oxygen atoms in total. The predicted molar refractivity (Wildman–Crippen MR) is 107 cm³/mol. The van der Waals surface area contributed by atoms with Gasteiger partial charge in [0, 0.05) is 12.0 Å². The lowest BCUT2D eigenvalue weighted by molar-refractivity contribution is -0.123. The third-order valence-electron chi connectivity index (χ3n) is 5.11. The molecule has 27 heavy (non-hydrogen) atoms. The van der Waals surface area contributed by atoms with Crippen molar-refractivity contribution in [3.8, 4) is 5.75 Å². The molecule has 150 valence electrons. The van der Waals surface area contributed by atoms with Crippen LogP contribution in [0.3, 0.4) is 0 Å². The van der Waals surface area contributed by atoms with Gasteiger partial charge >= 0.3 is 5.97 Å². The summed E-state index contributed by atoms with van der Waals surface area (Å²) in [4.78, 5) is 27.4. The summed E-state index contributed by atoms with van der Waals surface area (Å²) in [5, 5.41) is 0. The summed E-state index contributed by atoms with van der Waals surface area (Å²) in [5.74, 6) is 0.316. The fourth-order valence-electron chi connectivity index (χ4n) is 3.62. The van der Waals surface area contributed by atoms with Crippen LogP contribution >= 0.6 is 0 Å². The lowest BCUT2D eigenvalue weighted by Crippen LogP contribution is -2.42. The average Bonchev–Trinajstić information content (AvgIpc) is 2.69. The van der Waals surface area contributed by atoms with Crippen molar-refractivity contribution in [3.63, 3.8) is 0 Å². The highest BCUT2D eigenvalue weighted by molar-refractivity contribution is 6.03. The standard InChI is InChI=1S/C22H33NO4/c1-5-6-14-27-18-12-13-20(19(15-18)22(25)26-4)23(16(2)3)21(24)17-10-8-7-9-11-17/h12-13,15-17H,5-11,14H2,1-4H3. The Morgan fingerprint density at radius 1 is 1.19 bits per heavy atom. The highest BCUT2D eigenvalue weighted by atomic mass is 16.5. The quantitative estimate of drug-likeness (QED) is 0.475. The Balaban J connectivity index is 2.35. The van der Waals surface area contributed by atoms with E-state index in [-0.39, 0.29) is 17.9 Å². The average molecular weight is 376 g/mol. The molecule has 0 N–H and O–H groups in total. The molecule has 0 atom stereocenters. The molecule has 2 rings (SSSR count). The van der Waals surface area contributed by atoms with Crippen LogP contribution in [-0.2, 0) is 9.53 Å². The number of unbranched alkanes of at least 4 members (excludes halogenated alkanes) is 1. The van der Waals surface area contributed by atoms with Gasteiger partial charge in [0.1, 0.15) is 5.75 Å². The van der Waals surface area contributed by atoms with Gasteiger partial charge in [0.2, 0.25) is 5.91 Å². The molecular formula is C22H33NO4. The Labute approximate surface area is 163 Å². The minimum absolute atomic E-state index is 0.0344. The second-order valence-corrected chi connectivity index (χ2v) is 7.51. The van der Waals surface area contributed by atoms with Crippen LogP contribution in [0.5, 0.6) is 5.75 Å². The van der Waals surface area contributed by atoms with Crippen LogP contribution in [0.15, 0.2) is 18.2 Å². The zero-order chi connectivity index (χ0) is 19.8. The van der Waals surface area contributed by atoms with E-state index in [2.05, 4.69) is 6.92 Å². The number of ether oxygens (including phenoxy) is 2. The summed E-state index contributed by atoms with van der Waals surface area (Å²) in [6, 6.07) is 5.30. The van der Waals surface area contributed by atoms with Gasteiger partial charge in [0.05, 0.1) is 25.0 Å². The number of carbonyl (C=O) groups excluding carboxylic acids is 2. The minimum Gasteiger partial charge on any atom is -0.494 e. The van der Waals surface area contributed by atoms with Crippen LogP contribution in [0.1, 0.15) is 76.1 Å². The zero-order valence-electron chi connectivity index (χ0n) is 17.1. The molecule has 0 unspecified atom stereocenters. The van der Waals surface area contributed by atoms with E-state index in [4.69, 9.17) is 9.47 Å². The third kappa shape index (κ3) is 5.47. The largest absolute Gasteiger partial charge is 0.494 e. The lowest BCUT2D eigenvalue weighted by Gasteiger charge is -2.33. The van der Waals surface area contributed by atoms with E-state index in [1.165, 1.54) is 13.5 Å². The van der Waals surface area contributed by atoms with Crippen LogP contribution in [0.25, 0.3) is 0 Å². The molecule has 1 aliphatic rings. The van der Waals surface area contributed by atoms with Gasteiger partial charge in [0.15, 0.2) is 0 Å². The van der Waals surface area contributed by atoms with E-state index in [0.29, 0.717) is 23.6 Å². The summed E-state index contributed by atoms with van der Waals surface area (Å²) in [7, 11) is 1.36. The first-order valence-corrected chi connectivity index (χ1v) is 10.2. The van der Waals surface area contributed by atoms with Gasteiger partial charge in [-0.05, 0) is 51.3 Å². The van der Waals surface area contributed by atoms with Gasteiger partial charge in [-0.1, -0.05) is 32.6 Å². The molecule has 1 fully saturated rings. The summed E-state index contributed by atoms with van der Waals surface area (Å²) in [6.45, 7) is 6.66. The van der Waals surface area contributed by atoms with Crippen LogP contribution in [-0.4, -0.2) is 31.6 Å². The van der Waals surface area contributed by atoms with Crippen molar-refractivity contribution in [3.05, 3.63) is 23.8 Å². The number of benzene rings is 1. The van der Waals surface area contributed by atoms with E-state index in [0.717, 1.165) is 38.5 Å². The van der Waals surface area contributed by atoms with Gasteiger partial charge in [-0.3, -0.25) is 4.79 Å². The number of carbonyl (C=O) groups is 2. The number of hydrogen-bond acceptors (Lipinski definition) is 4. The molecule has 0 bridgehead atoms. The molecule has 1 aliphatic carbocycles. The summed E-state index contributed by atoms with van der Waals surface area (Å²) >= 11 is 0. The van der Waals surface area contributed by atoms with Gasteiger partial charge in [-0.25, -0.2) is 4.79 Å². The maximum Gasteiger partial charge on any atom is 0.340 e. The number of rotatable bonds is 8. The maximum atomic E-state index is 13.2. The third-order valence-corrected chi connectivity index (χ3v) is 5.11. The Morgan fingerprint density at radius 2 is 1.89 bits per heavy atom. The molecule has 1 amide bonds. The normalized spacial score (nSPS) is 14.9. The first-order chi connectivity index (χ1) is 13.0. The van der Waals surface area contributed by atoms with E-state index >= 15 is 0 Å². The van der Waals surface area contributed by atoms with Crippen molar-refractivity contribution in [2.24, 2.45) is 5.92 Å². The molecule has 0 aliphatic heterocycles. The highest BCUT2D eigenvalue weighted by Gasteiger charge is 2.31. The van der Waals surface area contributed by atoms with Crippen molar-refractivity contribution in [1.29, 1.82) is 0 Å². The molecule has 0 saturated heterocycles. The molecule has 0 spiro atoms.